The SMILES string of the molecule is O=C(CC(=O)Nc1cccc(Cl)c1)NN=Cc1ccccc1OCc1ccccc1. The van der Waals surface area contributed by atoms with E-state index in [2.05, 4.69) is 15.8 Å². The van der Waals surface area contributed by atoms with E-state index < -0.39 is 11.8 Å². The molecule has 0 aliphatic carbocycles. The van der Waals surface area contributed by atoms with Crippen molar-refractivity contribution in [3.05, 3.63) is 95.0 Å². The molecule has 2 amide bonds. The number of para-hydroxylation sites is 1. The first-order valence-corrected chi connectivity index (χ1v) is 9.61. The summed E-state index contributed by atoms with van der Waals surface area (Å²) in [4.78, 5) is 23.9. The van der Waals surface area contributed by atoms with Crippen molar-refractivity contribution in [1.29, 1.82) is 0 Å². The smallest absolute Gasteiger partial charge is 0.249 e. The summed E-state index contributed by atoms with van der Waals surface area (Å²) in [6, 6.07) is 23.8. The predicted molar refractivity (Wildman–Crippen MR) is 118 cm³/mol. The van der Waals surface area contributed by atoms with Gasteiger partial charge in [0.25, 0.3) is 0 Å². The number of carbonyl (C=O) groups is 2. The molecule has 2 N–H and O–H groups in total. The average Bonchev–Trinajstić information content (AvgIpc) is 2.73. The molecular formula is C23H20ClN3O3. The van der Waals surface area contributed by atoms with E-state index in [1.54, 1.807) is 24.3 Å². The van der Waals surface area contributed by atoms with Crippen LogP contribution in [0.3, 0.4) is 0 Å². The molecule has 0 atom stereocenters. The van der Waals surface area contributed by atoms with Gasteiger partial charge in [0.1, 0.15) is 18.8 Å². The number of halogens is 1. The first-order chi connectivity index (χ1) is 14.6. The minimum absolute atomic E-state index is 0.365. The Hall–Kier alpha value is -3.64. The van der Waals surface area contributed by atoms with E-state index in [0.717, 1.165) is 5.56 Å². The zero-order chi connectivity index (χ0) is 21.2. The Morgan fingerprint density at radius 3 is 2.50 bits per heavy atom. The quantitative estimate of drug-likeness (QED) is 0.321. The molecule has 0 aliphatic rings. The summed E-state index contributed by atoms with van der Waals surface area (Å²) in [7, 11) is 0. The van der Waals surface area contributed by atoms with Crippen molar-refractivity contribution in [2.24, 2.45) is 5.10 Å². The molecule has 6 nitrogen and oxygen atoms in total. The molecule has 7 heteroatoms. The highest BCUT2D eigenvalue weighted by Crippen LogP contribution is 2.18. The van der Waals surface area contributed by atoms with Crippen molar-refractivity contribution in [2.45, 2.75) is 13.0 Å². The molecule has 0 unspecified atom stereocenters. The van der Waals surface area contributed by atoms with Gasteiger partial charge in [0.05, 0.1) is 6.21 Å². The highest BCUT2D eigenvalue weighted by molar-refractivity contribution is 6.30. The van der Waals surface area contributed by atoms with E-state index in [1.807, 2.05) is 54.6 Å². The van der Waals surface area contributed by atoms with E-state index in [4.69, 9.17) is 16.3 Å². The van der Waals surface area contributed by atoms with Gasteiger partial charge < -0.3 is 10.1 Å². The zero-order valence-corrected chi connectivity index (χ0v) is 16.8. The van der Waals surface area contributed by atoms with Gasteiger partial charge in [0.2, 0.25) is 11.8 Å². The number of hydrazone groups is 1. The summed E-state index contributed by atoms with van der Waals surface area (Å²) in [6.07, 6.45) is 1.11. The number of carbonyl (C=O) groups excluding carboxylic acids is 2. The topological polar surface area (TPSA) is 79.8 Å². The molecule has 0 fully saturated rings. The molecule has 3 aromatic rings. The van der Waals surface area contributed by atoms with Gasteiger partial charge in [-0.2, -0.15) is 5.10 Å². The van der Waals surface area contributed by atoms with Crippen molar-refractivity contribution < 1.29 is 14.3 Å². The standard InChI is InChI=1S/C23H20ClN3O3/c24-19-10-6-11-20(13-19)26-22(28)14-23(29)27-25-15-18-9-4-5-12-21(18)30-16-17-7-2-1-3-8-17/h1-13,15H,14,16H2,(H,26,28)(H,27,29). The molecular weight excluding hydrogens is 402 g/mol. The van der Waals surface area contributed by atoms with Crippen LogP contribution < -0.4 is 15.5 Å². The highest BCUT2D eigenvalue weighted by atomic mass is 35.5. The van der Waals surface area contributed by atoms with Crippen molar-refractivity contribution in [2.75, 3.05) is 5.32 Å². The fourth-order valence-corrected chi connectivity index (χ4v) is 2.77. The number of anilines is 1. The Balaban J connectivity index is 1.51. The summed E-state index contributed by atoms with van der Waals surface area (Å²) in [5.74, 6) is -0.358. The second-order valence-corrected chi connectivity index (χ2v) is 6.78. The van der Waals surface area contributed by atoms with Crippen molar-refractivity contribution in [1.82, 2.24) is 5.43 Å². The lowest BCUT2D eigenvalue weighted by atomic mass is 10.2. The normalized spacial score (nSPS) is 10.6. The van der Waals surface area contributed by atoms with Crippen molar-refractivity contribution in [3.63, 3.8) is 0 Å². The van der Waals surface area contributed by atoms with Gasteiger partial charge in [-0.25, -0.2) is 5.43 Å². The molecule has 152 valence electrons. The van der Waals surface area contributed by atoms with Crippen LogP contribution in [-0.4, -0.2) is 18.0 Å². The lowest BCUT2D eigenvalue weighted by Crippen LogP contribution is -2.24. The molecule has 0 saturated carbocycles. The van der Waals surface area contributed by atoms with E-state index >= 15 is 0 Å². The second kappa shape index (κ2) is 10.8. The summed E-state index contributed by atoms with van der Waals surface area (Å²) < 4.78 is 5.84. The Morgan fingerprint density at radius 2 is 1.70 bits per heavy atom. The number of hydrogen-bond acceptors (Lipinski definition) is 4. The molecule has 0 saturated heterocycles. The average molecular weight is 422 g/mol. The first kappa shape index (κ1) is 21.1. The Labute approximate surface area is 179 Å². The fraction of sp³-hybridized carbons (Fsp3) is 0.0870. The molecule has 0 heterocycles. The van der Waals surface area contributed by atoms with Gasteiger partial charge in [0.15, 0.2) is 0 Å². The number of hydrogen-bond donors (Lipinski definition) is 2. The van der Waals surface area contributed by atoms with E-state index in [-0.39, 0.29) is 6.42 Å². The summed E-state index contributed by atoms with van der Waals surface area (Å²) in [6.45, 7) is 0.418. The van der Waals surface area contributed by atoms with E-state index in [0.29, 0.717) is 28.6 Å². The highest BCUT2D eigenvalue weighted by Gasteiger charge is 2.09. The van der Waals surface area contributed by atoms with Gasteiger partial charge in [-0.05, 0) is 35.9 Å². The number of rotatable bonds is 8. The number of amides is 2. The number of ether oxygens (including phenoxy) is 1. The maximum atomic E-state index is 12.0. The summed E-state index contributed by atoms with van der Waals surface area (Å²) in [5, 5.41) is 7.03. The molecule has 3 aromatic carbocycles. The van der Waals surface area contributed by atoms with Crippen LogP contribution in [0.15, 0.2) is 84.0 Å². The molecule has 0 bridgehead atoms. The molecule has 3 rings (SSSR count). The van der Waals surface area contributed by atoms with Crippen LogP contribution in [0, 0.1) is 0 Å². The van der Waals surface area contributed by atoms with Gasteiger partial charge in [-0.1, -0.05) is 60.1 Å². The van der Waals surface area contributed by atoms with Gasteiger partial charge in [0, 0.05) is 16.3 Å². The number of nitrogens with one attached hydrogen (secondary N) is 2. The van der Waals surface area contributed by atoms with Crippen LogP contribution in [0.2, 0.25) is 5.02 Å². The Morgan fingerprint density at radius 1 is 0.933 bits per heavy atom. The van der Waals surface area contributed by atoms with Gasteiger partial charge >= 0.3 is 0 Å². The van der Waals surface area contributed by atoms with Gasteiger partial charge in [-0.15, -0.1) is 0 Å². The third-order valence-electron chi connectivity index (χ3n) is 3.98. The van der Waals surface area contributed by atoms with E-state index in [1.165, 1.54) is 6.21 Å². The zero-order valence-electron chi connectivity index (χ0n) is 16.0. The van der Waals surface area contributed by atoms with Crippen LogP contribution in [0.1, 0.15) is 17.5 Å². The van der Waals surface area contributed by atoms with Gasteiger partial charge in [-0.3, -0.25) is 9.59 Å². The summed E-state index contributed by atoms with van der Waals surface area (Å²) in [5.41, 5.74) is 4.62. The molecule has 30 heavy (non-hydrogen) atoms. The summed E-state index contributed by atoms with van der Waals surface area (Å²) >= 11 is 5.87. The molecule has 0 radical (unpaired) electrons. The Kier molecular flexibility index (Phi) is 7.58. The molecule has 0 aliphatic heterocycles. The van der Waals surface area contributed by atoms with Crippen LogP contribution in [-0.2, 0) is 16.2 Å². The number of benzene rings is 3. The van der Waals surface area contributed by atoms with Crippen LogP contribution >= 0.6 is 11.6 Å². The third-order valence-corrected chi connectivity index (χ3v) is 4.21. The number of nitrogens with zero attached hydrogens (tertiary/aromatic N) is 1. The van der Waals surface area contributed by atoms with E-state index in [9.17, 15) is 9.59 Å². The lowest BCUT2D eigenvalue weighted by molar-refractivity contribution is -0.126. The minimum atomic E-state index is -0.534. The first-order valence-electron chi connectivity index (χ1n) is 9.23. The fourth-order valence-electron chi connectivity index (χ4n) is 2.58. The maximum absolute atomic E-state index is 12.0. The van der Waals surface area contributed by atoms with Crippen molar-refractivity contribution in [3.8, 4) is 5.75 Å². The maximum Gasteiger partial charge on any atom is 0.249 e. The molecule has 0 spiro atoms. The molecule has 0 aromatic heterocycles. The van der Waals surface area contributed by atoms with Crippen LogP contribution in [0.4, 0.5) is 5.69 Å². The lowest BCUT2D eigenvalue weighted by Gasteiger charge is -2.09. The Bertz CT molecular complexity index is 1040. The second-order valence-electron chi connectivity index (χ2n) is 6.34. The monoisotopic (exact) mass is 421 g/mol. The largest absolute Gasteiger partial charge is 0.488 e. The van der Waals surface area contributed by atoms with Crippen LogP contribution in [0.5, 0.6) is 5.75 Å². The van der Waals surface area contributed by atoms with Crippen molar-refractivity contribution >= 4 is 35.3 Å². The minimum Gasteiger partial charge on any atom is -0.488 e. The third kappa shape index (κ3) is 6.76. The predicted octanol–water partition coefficient (Wildman–Crippen LogP) is 4.40. The van der Waals surface area contributed by atoms with Crippen LogP contribution in [0.25, 0.3) is 0 Å².